The Bertz CT molecular complexity index is 673. The summed E-state index contributed by atoms with van der Waals surface area (Å²) in [6, 6.07) is 6.39. The Balaban J connectivity index is 1.83. The van der Waals surface area contributed by atoms with Crippen LogP contribution in [0.2, 0.25) is 0 Å². The molecule has 1 saturated heterocycles. The topological polar surface area (TPSA) is 66.8 Å². The van der Waals surface area contributed by atoms with Crippen LogP contribution in [0.3, 0.4) is 0 Å². The minimum absolute atomic E-state index is 0.139. The summed E-state index contributed by atoms with van der Waals surface area (Å²) in [7, 11) is 1.54. The molecule has 1 atom stereocenters. The van der Waals surface area contributed by atoms with Gasteiger partial charge in [0, 0.05) is 32.4 Å². The summed E-state index contributed by atoms with van der Waals surface area (Å²) in [6.45, 7) is 1.03. The number of rotatable bonds is 6. The van der Waals surface area contributed by atoms with Gasteiger partial charge in [0.25, 0.3) is 0 Å². The van der Waals surface area contributed by atoms with Crippen molar-refractivity contribution in [3.05, 3.63) is 35.6 Å². The molecule has 6 heteroatoms. The van der Waals surface area contributed by atoms with Crippen molar-refractivity contribution in [1.82, 2.24) is 4.90 Å². The first-order valence-corrected chi connectivity index (χ1v) is 8.72. The number of halogens is 1. The van der Waals surface area contributed by atoms with Crippen molar-refractivity contribution in [1.29, 1.82) is 0 Å². The Kier molecular flexibility index (Phi) is 4.82. The van der Waals surface area contributed by atoms with E-state index in [-0.39, 0.29) is 18.3 Å². The molecule has 1 amide bonds. The third kappa shape index (κ3) is 3.15. The summed E-state index contributed by atoms with van der Waals surface area (Å²) in [5, 5.41) is 9.74. The number of piperidine rings is 1. The minimum Gasteiger partial charge on any atom is -0.481 e. The number of ether oxygens (including phenoxy) is 1. The maximum absolute atomic E-state index is 14.2. The van der Waals surface area contributed by atoms with Gasteiger partial charge in [-0.2, -0.15) is 0 Å². The van der Waals surface area contributed by atoms with Crippen LogP contribution in [-0.2, 0) is 19.7 Å². The molecule has 1 heterocycles. The van der Waals surface area contributed by atoms with Gasteiger partial charge in [-0.25, -0.2) is 4.39 Å². The Labute approximate surface area is 146 Å². The second-order valence-corrected chi connectivity index (χ2v) is 7.22. The molecule has 1 aliphatic carbocycles. The predicted octanol–water partition coefficient (Wildman–Crippen LogP) is 2.59. The van der Waals surface area contributed by atoms with E-state index in [9.17, 15) is 19.1 Å². The number of aliphatic carboxylic acids is 1. The summed E-state index contributed by atoms with van der Waals surface area (Å²) in [5.41, 5.74) is -1.35. The fourth-order valence-electron chi connectivity index (χ4n) is 3.96. The van der Waals surface area contributed by atoms with E-state index in [4.69, 9.17) is 4.74 Å². The maximum atomic E-state index is 14.2. The van der Waals surface area contributed by atoms with E-state index in [1.807, 2.05) is 0 Å². The van der Waals surface area contributed by atoms with E-state index >= 15 is 0 Å². The van der Waals surface area contributed by atoms with E-state index in [1.54, 1.807) is 30.2 Å². The first kappa shape index (κ1) is 17.9. The molecule has 3 rings (SSSR count). The average Bonchev–Trinajstić information content (AvgIpc) is 3.41. The molecule has 1 aliphatic heterocycles. The number of carboxylic acid groups (broad SMARTS) is 1. The number of carbonyl (C=O) groups is 2. The van der Waals surface area contributed by atoms with Crippen LogP contribution in [0.5, 0.6) is 0 Å². The van der Waals surface area contributed by atoms with Gasteiger partial charge in [-0.1, -0.05) is 18.2 Å². The van der Waals surface area contributed by atoms with E-state index < -0.39 is 16.8 Å². The average molecular weight is 349 g/mol. The van der Waals surface area contributed by atoms with Crippen molar-refractivity contribution in [2.45, 2.75) is 37.5 Å². The van der Waals surface area contributed by atoms with Crippen LogP contribution >= 0.6 is 0 Å². The third-order valence-electron chi connectivity index (χ3n) is 5.65. The molecule has 0 aromatic heterocycles. The van der Waals surface area contributed by atoms with Gasteiger partial charge in [-0.3, -0.25) is 9.59 Å². The van der Waals surface area contributed by atoms with Crippen LogP contribution in [0.25, 0.3) is 0 Å². The van der Waals surface area contributed by atoms with Crippen LogP contribution in [0.1, 0.15) is 37.7 Å². The van der Waals surface area contributed by atoms with Crippen molar-refractivity contribution in [2.75, 3.05) is 26.8 Å². The van der Waals surface area contributed by atoms with Crippen LogP contribution in [0.15, 0.2) is 24.3 Å². The van der Waals surface area contributed by atoms with E-state index in [2.05, 4.69) is 0 Å². The first-order valence-electron chi connectivity index (χ1n) is 8.72. The largest absolute Gasteiger partial charge is 0.481 e. The summed E-state index contributed by atoms with van der Waals surface area (Å²) in [6.07, 6.45) is 2.76. The number of methoxy groups -OCH3 is 1. The van der Waals surface area contributed by atoms with E-state index in [0.717, 1.165) is 0 Å². The molecule has 136 valence electrons. The molecule has 1 aromatic rings. The van der Waals surface area contributed by atoms with Crippen molar-refractivity contribution in [3.63, 3.8) is 0 Å². The van der Waals surface area contributed by atoms with Gasteiger partial charge >= 0.3 is 5.97 Å². The number of carbonyl (C=O) groups excluding carboxylic acids is 1. The first-order chi connectivity index (χ1) is 11.9. The Morgan fingerprint density at radius 1 is 1.28 bits per heavy atom. The standard InChI is InChI=1S/C19H24FNO4/c1-25-12-10-18(17(23)24)7-4-11-21(13-18)16(22)19(8-9-19)14-5-2-3-6-15(14)20/h2-3,5-6H,4,7-13H2,1H3,(H,23,24)/t18-/m0/s1. The zero-order valence-electron chi connectivity index (χ0n) is 14.5. The SMILES string of the molecule is COCC[C@@]1(C(=O)O)CCCN(C(=O)C2(c3ccccc3F)CC2)C1. The molecule has 1 aromatic carbocycles. The molecule has 2 aliphatic rings. The molecule has 0 unspecified atom stereocenters. The zero-order valence-corrected chi connectivity index (χ0v) is 14.5. The highest BCUT2D eigenvalue weighted by Crippen LogP contribution is 2.51. The van der Waals surface area contributed by atoms with Crippen LogP contribution in [-0.4, -0.2) is 48.7 Å². The maximum Gasteiger partial charge on any atom is 0.311 e. The molecule has 1 saturated carbocycles. The van der Waals surface area contributed by atoms with Gasteiger partial charge in [-0.05, 0) is 38.2 Å². The fraction of sp³-hybridized carbons (Fsp3) is 0.579. The second kappa shape index (κ2) is 6.75. The monoisotopic (exact) mass is 349 g/mol. The minimum atomic E-state index is -0.977. The second-order valence-electron chi connectivity index (χ2n) is 7.22. The molecule has 25 heavy (non-hydrogen) atoms. The molecule has 2 fully saturated rings. The Morgan fingerprint density at radius 2 is 2.00 bits per heavy atom. The molecular weight excluding hydrogens is 325 g/mol. The van der Waals surface area contributed by atoms with Gasteiger partial charge in [0.1, 0.15) is 5.82 Å². The number of likely N-dealkylation sites (tertiary alicyclic amines) is 1. The lowest BCUT2D eigenvalue weighted by molar-refractivity contribution is -0.157. The van der Waals surface area contributed by atoms with Crippen molar-refractivity contribution >= 4 is 11.9 Å². The van der Waals surface area contributed by atoms with Crippen molar-refractivity contribution in [3.8, 4) is 0 Å². The lowest BCUT2D eigenvalue weighted by Crippen LogP contribution is -2.52. The Morgan fingerprint density at radius 3 is 2.60 bits per heavy atom. The number of nitrogens with zero attached hydrogens (tertiary/aromatic N) is 1. The summed E-state index contributed by atoms with van der Waals surface area (Å²) in [4.78, 5) is 26.7. The number of hydrogen-bond donors (Lipinski definition) is 1. The van der Waals surface area contributed by atoms with Crippen LogP contribution < -0.4 is 0 Å². The van der Waals surface area contributed by atoms with E-state index in [0.29, 0.717) is 50.8 Å². The van der Waals surface area contributed by atoms with Crippen LogP contribution in [0, 0.1) is 11.2 Å². The van der Waals surface area contributed by atoms with Gasteiger partial charge in [0.05, 0.1) is 10.8 Å². The predicted molar refractivity (Wildman–Crippen MR) is 89.7 cm³/mol. The summed E-state index contributed by atoms with van der Waals surface area (Å²) in [5.74, 6) is -1.40. The van der Waals surface area contributed by atoms with Gasteiger partial charge < -0.3 is 14.7 Å². The number of amides is 1. The van der Waals surface area contributed by atoms with Crippen LogP contribution in [0.4, 0.5) is 4.39 Å². The van der Waals surface area contributed by atoms with Gasteiger partial charge in [-0.15, -0.1) is 0 Å². The lowest BCUT2D eigenvalue weighted by Gasteiger charge is -2.41. The summed E-state index contributed by atoms with van der Waals surface area (Å²) < 4.78 is 19.3. The quantitative estimate of drug-likeness (QED) is 0.857. The van der Waals surface area contributed by atoms with Crippen molar-refractivity contribution < 1.29 is 23.8 Å². The number of hydrogen-bond acceptors (Lipinski definition) is 3. The highest BCUT2D eigenvalue weighted by molar-refractivity contribution is 5.92. The van der Waals surface area contributed by atoms with Crippen molar-refractivity contribution in [2.24, 2.45) is 5.41 Å². The van der Waals surface area contributed by atoms with Gasteiger partial charge in [0.2, 0.25) is 5.91 Å². The molecular formula is C19H24FNO4. The zero-order chi connectivity index (χ0) is 18.1. The van der Waals surface area contributed by atoms with Gasteiger partial charge in [0.15, 0.2) is 0 Å². The number of carboxylic acids is 1. The normalized spacial score (nSPS) is 24.8. The lowest BCUT2D eigenvalue weighted by atomic mass is 9.76. The molecule has 0 radical (unpaired) electrons. The molecule has 0 bridgehead atoms. The Hall–Kier alpha value is -1.95. The van der Waals surface area contributed by atoms with E-state index in [1.165, 1.54) is 6.07 Å². The highest BCUT2D eigenvalue weighted by atomic mass is 19.1. The highest BCUT2D eigenvalue weighted by Gasteiger charge is 2.56. The summed E-state index contributed by atoms with van der Waals surface area (Å²) >= 11 is 0. The molecule has 1 N–H and O–H groups in total. The third-order valence-corrected chi connectivity index (χ3v) is 5.65. The molecule has 0 spiro atoms. The number of benzene rings is 1. The molecule has 5 nitrogen and oxygen atoms in total. The smallest absolute Gasteiger partial charge is 0.311 e. The fourth-order valence-corrected chi connectivity index (χ4v) is 3.96.